The quantitative estimate of drug-likeness (QED) is 0.821. The number of hydrogen-bond donors (Lipinski definition) is 2. The second-order valence-corrected chi connectivity index (χ2v) is 5.00. The number of anilines is 1. The average Bonchev–Trinajstić information content (AvgIpc) is 2.86. The Morgan fingerprint density at radius 1 is 1.53 bits per heavy atom. The molecule has 2 aromatic rings. The van der Waals surface area contributed by atoms with Gasteiger partial charge < -0.3 is 9.52 Å². The lowest BCUT2D eigenvalue weighted by molar-refractivity contribution is 0.236. The summed E-state index contributed by atoms with van der Waals surface area (Å²) in [4.78, 5) is 0. The van der Waals surface area contributed by atoms with Crippen LogP contribution in [0.5, 0.6) is 0 Å². The van der Waals surface area contributed by atoms with Crippen molar-refractivity contribution in [2.45, 2.75) is 11.7 Å². The molecule has 0 fully saturated rings. The summed E-state index contributed by atoms with van der Waals surface area (Å²) in [5.41, 5.74) is 0.342. The first-order valence-electron chi connectivity index (χ1n) is 4.72. The molecule has 2 heterocycles. The molecule has 0 spiro atoms. The lowest BCUT2D eigenvalue weighted by Gasteiger charge is -2.01. The van der Waals surface area contributed by atoms with Crippen LogP contribution in [0, 0.1) is 0 Å². The Morgan fingerprint density at radius 2 is 2.29 bits per heavy atom. The monoisotopic (exact) mass is 257 g/mol. The van der Waals surface area contributed by atoms with Gasteiger partial charge in [-0.15, -0.1) is 0 Å². The van der Waals surface area contributed by atoms with Gasteiger partial charge in [-0.3, -0.25) is 9.40 Å². The van der Waals surface area contributed by atoms with E-state index >= 15 is 0 Å². The van der Waals surface area contributed by atoms with Crippen molar-refractivity contribution in [3.63, 3.8) is 0 Å². The summed E-state index contributed by atoms with van der Waals surface area (Å²) in [5.74, 6) is 0.191. The molecule has 0 aliphatic carbocycles. The molecule has 0 aliphatic heterocycles. The molecule has 2 rings (SSSR count). The molecule has 0 saturated heterocycles. The summed E-state index contributed by atoms with van der Waals surface area (Å²) in [6.07, 6.45) is 2.90. The van der Waals surface area contributed by atoms with E-state index in [4.69, 9.17) is 9.52 Å². The largest absolute Gasteiger partial charge is 0.445 e. The van der Waals surface area contributed by atoms with Crippen LogP contribution in [-0.2, 0) is 23.7 Å². The van der Waals surface area contributed by atoms with Gasteiger partial charge in [0.2, 0.25) is 5.09 Å². The number of sulfonamides is 1. The first-order chi connectivity index (χ1) is 8.01. The zero-order chi connectivity index (χ0) is 12.5. The molecular weight excluding hydrogens is 246 g/mol. The van der Waals surface area contributed by atoms with E-state index in [9.17, 15) is 8.42 Å². The van der Waals surface area contributed by atoms with E-state index < -0.39 is 10.0 Å². The Kier molecular flexibility index (Phi) is 2.90. The van der Waals surface area contributed by atoms with Crippen molar-refractivity contribution in [1.29, 1.82) is 0 Å². The Bertz CT molecular complexity index is 614. The van der Waals surface area contributed by atoms with Gasteiger partial charge in [0.05, 0.1) is 11.9 Å². The molecule has 7 nitrogen and oxygen atoms in total. The van der Waals surface area contributed by atoms with Crippen molar-refractivity contribution in [2.75, 3.05) is 4.72 Å². The number of aliphatic hydroxyl groups is 1. The Balaban J connectivity index is 2.24. The van der Waals surface area contributed by atoms with Crippen LogP contribution in [0.25, 0.3) is 0 Å². The summed E-state index contributed by atoms with van der Waals surface area (Å²) >= 11 is 0. The zero-order valence-electron chi connectivity index (χ0n) is 8.99. The van der Waals surface area contributed by atoms with Crippen LogP contribution in [0.15, 0.2) is 34.0 Å². The molecule has 2 N–H and O–H groups in total. The van der Waals surface area contributed by atoms with E-state index in [0.29, 0.717) is 5.69 Å². The highest BCUT2D eigenvalue weighted by molar-refractivity contribution is 7.92. The van der Waals surface area contributed by atoms with Crippen molar-refractivity contribution in [3.05, 3.63) is 30.3 Å². The predicted molar refractivity (Wildman–Crippen MR) is 58.6 cm³/mol. The van der Waals surface area contributed by atoms with Crippen LogP contribution in [0.1, 0.15) is 5.76 Å². The highest BCUT2D eigenvalue weighted by atomic mass is 32.2. The highest BCUT2D eigenvalue weighted by Gasteiger charge is 2.19. The fraction of sp³-hybridized carbons (Fsp3) is 0.222. The lowest BCUT2D eigenvalue weighted by atomic mass is 10.5. The molecule has 17 heavy (non-hydrogen) atoms. The smallest absolute Gasteiger partial charge is 0.295 e. The van der Waals surface area contributed by atoms with Gasteiger partial charge in [-0.25, -0.2) is 0 Å². The number of furan rings is 1. The van der Waals surface area contributed by atoms with Crippen molar-refractivity contribution < 1.29 is 17.9 Å². The number of hydrogen-bond acceptors (Lipinski definition) is 5. The summed E-state index contributed by atoms with van der Waals surface area (Å²) in [6.45, 7) is -0.345. The second-order valence-electron chi connectivity index (χ2n) is 3.39. The maximum Gasteiger partial charge on any atom is 0.295 e. The van der Waals surface area contributed by atoms with Gasteiger partial charge in [0.25, 0.3) is 10.0 Å². The van der Waals surface area contributed by atoms with Gasteiger partial charge in [-0.1, -0.05) is 0 Å². The van der Waals surface area contributed by atoms with Gasteiger partial charge in [0.15, 0.2) is 0 Å². The summed E-state index contributed by atoms with van der Waals surface area (Å²) in [5, 5.41) is 12.4. The fourth-order valence-electron chi connectivity index (χ4n) is 1.27. The van der Waals surface area contributed by atoms with Crippen LogP contribution in [0.4, 0.5) is 5.69 Å². The van der Waals surface area contributed by atoms with Gasteiger partial charge in [-0.05, 0) is 12.1 Å². The van der Waals surface area contributed by atoms with E-state index in [0.717, 1.165) is 0 Å². The average molecular weight is 257 g/mol. The van der Waals surface area contributed by atoms with E-state index in [1.807, 2.05) is 0 Å². The number of aryl methyl sites for hydroxylation is 1. The number of aromatic nitrogens is 2. The molecule has 0 radical (unpaired) electrons. The minimum absolute atomic E-state index is 0.191. The Morgan fingerprint density at radius 3 is 2.82 bits per heavy atom. The van der Waals surface area contributed by atoms with Gasteiger partial charge >= 0.3 is 0 Å². The topological polar surface area (TPSA) is 97.4 Å². The number of aliphatic hydroxyl groups excluding tert-OH is 1. The van der Waals surface area contributed by atoms with Crippen LogP contribution < -0.4 is 4.72 Å². The summed E-state index contributed by atoms with van der Waals surface area (Å²) in [7, 11) is -2.10. The minimum Gasteiger partial charge on any atom is -0.445 e. The number of nitrogens with zero attached hydrogens (tertiary/aromatic N) is 2. The third-order valence-electron chi connectivity index (χ3n) is 2.01. The Labute approximate surface area is 97.7 Å². The summed E-state index contributed by atoms with van der Waals surface area (Å²) < 4.78 is 32.4. The Hall–Kier alpha value is -1.80. The lowest BCUT2D eigenvalue weighted by Crippen LogP contribution is -2.11. The number of rotatable bonds is 4. The van der Waals surface area contributed by atoms with Crippen molar-refractivity contribution in [1.82, 2.24) is 9.78 Å². The molecule has 92 valence electrons. The fourth-order valence-corrected chi connectivity index (χ4v) is 2.25. The van der Waals surface area contributed by atoms with Gasteiger partial charge in [-0.2, -0.15) is 13.5 Å². The molecule has 0 atom stereocenters. The molecule has 0 aliphatic rings. The normalized spacial score (nSPS) is 11.6. The van der Waals surface area contributed by atoms with Gasteiger partial charge in [0.1, 0.15) is 12.4 Å². The van der Waals surface area contributed by atoms with E-state index in [2.05, 4.69) is 9.82 Å². The molecule has 0 aromatic carbocycles. The SMILES string of the molecule is Cn1cc(NS(=O)(=O)c2ccc(CO)o2)cn1. The molecule has 0 unspecified atom stereocenters. The molecule has 0 saturated carbocycles. The number of nitrogens with one attached hydrogen (secondary N) is 1. The first kappa shape index (κ1) is 11.7. The van der Waals surface area contributed by atoms with Gasteiger partial charge in [0, 0.05) is 13.2 Å². The van der Waals surface area contributed by atoms with Crippen molar-refractivity contribution >= 4 is 15.7 Å². The molecule has 0 bridgehead atoms. The standard InChI is InChI=1S/C9H11N3O4S/c1-12-5-7(4-10-12)11-17(14,15)9-3-2-8(6-13)16-9/h2-5,11,13H,6H2,1H3. The second kappa shape index (κ2) is 4.22. The van der Waals surface area contributed by atoms with Crippen LogP contribution in [-0.4, -0.2) is 23.3 Å². The molecular formula is C9H11N3O4S. The third-order valence-corrected chi connectivity index (χ3v) is 3.27. The van der Waals surface area contributed by atoms with Crippen LogP contribution in [0.2, 0.25) is 0 Å². The third kappa shape index (κ3) is 2.48. The maximum absolute atomic E-state index is 11.8. The maximum atomic E-state index is 11.8. The molecule has 8 heteroatoms. The highest BCUT2D eigenvalue weighted by Crippen LogP contribution is 2.17. The van der Waals surface area contributed by atoms with E-state index in [1.54, 1.807) is 7.05 Å². The zero-order valence-corrected chi connectivity index (χ0v) is 9.81. The van der Waals surface area contributed by atoms with Crippen molar-refractivity contribution in [3.8, 4) is 0 Å². The molecule has 2 aromatic heterocycles. The first-order valence-corrected chi connectivity index (χ1v) is 6.20. The van der Waals surface area contributed by atoms with E-state index in [-0.39, 0.29) is 17.5 Å². The predicted octanol–water partition coefficient (Wildman–Crippen LogP) is 0.306. The van der Waals surface area contributed by atoms with Crippen molar-refractivity contribution in [2.24, 2.45) is 7.05 Å². The van der Waals surface area contributed by atoms with E-state index in [1.165, 1.54) is 29.2 Å². The minimum atomic E-state index is -3.77. The van der Waals surface area contributed by atoms with Crippen LogP contribution >= 0.6 is 0 Å². The summed E-state index contributed by atoms with van der Waals surface area (Å²) in [6, 6.07) is 2.68. The van der Waals surface area contributed by atoms with Crippen LogP contribution in [0.3, 0.4) is 0 Å². The molecule has 0 amide bonds.